The minimum absolute atomic E-state index is 0.0277. The molecule has 6 nitrogen and oxygen atoms in total. The van der Waals surface area contributed by atoms with E-state index in [4.69, 9.17) is 5.73 Å². The number of halogens is 2. The van der Waals surface area contributed by atoms with Crippen molar-refractivity contribution in [1.82, 2.24) is 15.5 Å². The number of alkyl halides is 2. The van der Waals surface area contributed by atoms with Gasteiger partial charge in [-0.3, -0.25) is 4.79 Å². The van der Waals surface area contributed by atoms with Gasteiger partial charge >= 0.3 is 11.9 Å². The molecule has 0 unspecified atom stereocenters. The molecule has 0 aliphatic heterocycles. The highest BCUT2D eigenvalue weighted by atomic mass is 19.3. The fraction of sp³-hybridized carbons (Fsp3) is 0.500. The van der Waals surface area contributed by atoms with Gasteiger partial charge in [0, 0.05) is 6.92 Å². The number of hydrogen-bond acceptors (Lipinski definition) is 5. The van der Waals surface area contributed by atoms with Crippen LogP contribution in [0.3, 0.4) is 0 Å². The van der Waals surface area contributed by atoms with Crippen LogP contribution in [0.25, 0.3) is 0 Å². The van der Waals surface area contributed by atoms with Gasteiger partial charge in [0.1, 0.15) is 0 Å². The lowest BCUT2D eigenvalue weighted by molar-refractivity contribution is -0.143. The van der Waals surface area contributed by atoms with Crippen LogP contribution in [0, 0.1) is 0 Å². The van der Waals surface area contributed by atoms with E-state index in [1.165, 1.54) is 0 Å². The predicted molar refractivity (Wildman–Crippen MR) is 41.2 cm³/mol. The van der Waals surface area contributed by atoms with Crippen LogP contribution in [0.15, 0.2) is 4.42 Å². The van der Waals surface area contributed by atoms with Gasteiger partial charge in [0.25, 0.3) is 5.91 Å². The predicted octanol–water partition coefficient (Wildman–Crippen LogP) is -0.0768. The molecule has 0 spiro atoms. The normalized spacial score (nSPS) is 11.4. The highest BCUT2D eigenvalue weighted by Crippen LogP contribution is 2.11. The zero-order valence-corrected chi connectivity index (χ0v) is 7.25. The van der Waals surface area contributed by atoms with Crippen molar-refractivity contribution >= 4 is 11.9 Å². The molecular formula is C6H8F2N4O2. The third-order valence-corrected chi connectivity index (χ3v) is 1.28. The molecule has 0 saturated heterocycles. The van der Waals surface area contributed by atoms with Crippen LogP contribution in [0.4, 0.5) is 14.8 Å². The molecule has 1 aromatic heterocycles. The van der Waals surface area contributed by atoms with Gasteiger partial charge in [-0.05, 0) is 0 Å². The standard InChI is InChI=1S/C6H8F2N4O2/c1-6(7,8)4(13)10-2-3-11-12-5(9)14-3/h2H2,1H3,(H2,9,12)(H,10,13). The topological polar surface area (TPSA) is 94.0 Å². The summed E-state index contributed by atoms with van der Waals surface area (Å²) >= 11 is 0. The maximum absolute atomic E-state index is 12.3. The van der Waals surface area contributed by atoms with E-state index < -0.39 is 11.8 Å². The summed E-state index contributed by atoms with van der Waals surface area (Å²) in [5.41, 5.74) is 5.07. The van der Waals surface area contributed by atoms with Crippen molar-refractivity contribution in [2.45, 2.75) is 19.4 Å². The summed E-state index contributed by atoms with van der Waals surface area (Å²) in [4.78, 5) is 10.7. The van der Waals surface area contributed by atoms with Crippen molar-refractivity contribution in [2.24, 2.45) is 0 Å². The number of nitrogen functional groups attached to an aromatic ring is 1. The van der Waals surface area contributed by atoms with E-state index in [-0.39, 0.29) is 18.5 Å². The molecule has 0 aliphatic carbocycles. The van der Waals surface area contributed by atoms with Crippen LogP contribution in [-0.4, -0.2) is 22.0 Å². The number of carbonyl (C=O) groups is 1. The number of nitrogens with zero attached hydrogens (tertiary/aromatic N) is 2. The maximum atomic E-state index is 12.3. The third kappa shape index (κ3) is 2.64. The van der Waals surface area contributed by atoms with Gasteiger partial charge in [0.05, 0.1) is 6.54 Å². The largest absolute Gasteiger partial charge is 0.406 e. The molecule has 0 radical (unpaired) electrons. The van der Waals surface area contributed by atoms with E-state index in [2.05, 4.69) is 14.6 Å². The molecule has 0 aromatic carbocycles. The Kier molecular flexibility index (Phi) is 2.63. The first-order valence-electron chi connectivity index (χ1n) is 3.63. The van der Waals surface area contributed by atoms with Gasteiger partial charge in [-0.15, -0.1) is 5.10 Å². The lowest BCUT2D eigenvalue weighted by Crippen LogP contribution is -2.37. The van der Waals surface area contributed by atoms with Crippen LogP contribution in [0.2, 0.25) is 0 Å². The third-order valence-electron chi connectivity index (χ3n) is 1.28. The average molecular weight is 206 g/mol. The number of hydrogen-bond donors (Lipinski definition) is 2. The Labute approximate surface area is 77.5 Å². The van der Waals surface area contributed by atoms with E-state index in [0.717, 1.165) is 0 Å². The van der Waals surface area contributed by atoms with Gasteiger partial charge in [-0.25, -0.2) is 0 Å². The van der Waals surface area contributed by atoms with Crippen LogP contribution < -0.4 is 11.1 Å². The zero-order chi connectivity index (χ0) is 10.8. The lowest BCUT2D eigenvalue weighted by atomic mass is 10.3. The molecular weight excluding hydrogens is 198 g/mol. The average Bonchev–Trinajstić information content (AvgIpc) is 2.45. The van der Waals surface area contributed by atoms with E-state index in [1.54, 1.807) is 0 Å². The van der Waals surface area contributed by atoms with Gasteiger partial charge in [0.2, 0.25) is 5.89 Å². The minimum Gasteiger partial charge on any atom is -0.406 e. The quantitative estimate of drug-likeness (QED) is 0.721. The molecule has 1 aromatic rings. The Morgan fingerprint density at radius 3 is 2.71 bits per heavy atom. The number of anilines is 1. The van der Waals surface area contributed by atoms with Gasteiger partial charge in [-0.1, -0.05) is 5.10 Å². The summed E-state index contributed by atoms with van der Waals surface area (Å²) in [6, 6.07) is -0.183. The summed E-state index contributed by atoms with van der Waals surface area (Å²) < 4.78 is 29.3. The number of nitrogens with one attached hydrogen (secondary N) is 1. The summed E-state index contributed by atoms with van der Waals surface area (Å²) in [5.74, 6) is -4.86. The second-order valence-corrected chi connectivity index (χ2v) is 2.61. The second-order valence-electron chi connectivity index (χ2n) is 2.61. The van der Waals surface area contributed by atoms with E-state index in [1.807, 2.05) is 5.32 Å². The number of carbonyl (C=O) groups excluding carboxylic acids is 1. The fourth-order valence-electron chi connectivity index (χ4n) is 0.649. The van der Waals surface area contributed by atoms with Gasteiger partial charge in [0.15, 0.2) is 0 Å². The smallest absolute Gasteiger partial charge is 0.321 e. The Morgan fingerprint density at radius 2 is 2.29 bits per heavy atom. The number of amides is 1. The minimum atomic E-state index is -3.43. The highest BCUT2D eigenvalue weighted by molar-refractivity contribution is 5.82. The van der Waals surface area contributed by atoms with E-state index in [0.29, 0.717) is 6.92 Å². The Bertz CT molecular complexity index is 333. The first-order chi connectivity index (χ1) is 6.39. The van der Waals surface area contributed by atoms with Crippen LogP contribution >= 0.6 is 0 Å². The van der Waals surface area contributed by atoms with E-state index >= 15 is 0 Å². The van der Waals surface area contributed by atoms with Crippen molar-refractivity contribution in [3.05, 3.63) is 5.89 Å². The molecule has 1 rings (SSSR count). The number of nitrogens with two attached hydrogens (primary N) is 1. The molecule has 3 N–H and O–H groups in total. The molecule has 78 valence electrons. The maximum Gasteiger partial charge on any atom is 0.321 e. The van der Waals surface area contributed by atoms with Crippen LogP contribution in [-0.2, 0) is 11.3 Å². The monoisotopic (exact) mass is 206 g/mol. The first-order valence-corrected chi connectivity index (χ1v) is 3.63. The number of rotatable bonds is 3. The molecule has 0 aliphatic rings. The second kappa shape index (κ2) is 3.56. The van der Waals surface area contributed by atoms with Crippen molar-refractivity contribution < 1.29 is 18.0 Å². The van der Waals surface area contributed by atoms with Crippen molar-refractivity contribution in [1.29, 1.82) is 0 Å². The van der Waals surface area contributed by atoms with Crippen LogP contribution in [0.5, 0.6) is 0 Å². The molecule has 0 saturated carbocycles. The summed E-state index contributed by atoms with van der Waals surface area (Å²) in [6.07, 6.45) is 0. The molecule has 14 heavy (non-hydrogen) atoms. The van der Waals surface area contributed by atoms with Crippen LogP contribution in [0.1, 0.15) is 12.8 Å². The highest BCUT2D eigenvalue weighted by Gasteiger charge is 2.31. The summed E-state index contributed by atoms with van der Waals surface area (Å²) in [5, 5.41) is 8.56. The van der Waals surface area contributed by atoms with Gasteiger partial charge in [-0.2, -0.15) is 8.78 Å². The van der Waals surface area contributed by atoms with E-state index in [9.17, 15) is 13.6 Å². The molecule has 0 bridgehead atoms. The first kappa shape index (κ1) is 10.4. The molecule has 8 heteroatoms. The fourth-order valence-corrected chi connectivity index (χ4v) is 0.649. The number of aromatic nitrogens is 2. The molecule has 1 heterocycles. The molecule has 1 amide bonds. The van der Waals surface area contributed by atoms with Crippen molar-refractivity contribution in [2.75, 3.05) is 5.73 Å². The molecule has 0 fully saturated rings. The Morgan fingerprint density at radius 1 is 1.64 bits per heavy atom. The van der Waals surface area contributed by atoms with Gasteiger partial charge < -0.3 is 15.5 Å². The molecule has 0 atom stereocenters. The zero-order valence-electron chi connectivity index (χ0n) is 7.25. The Balaban J connectivity index is 2.46. The van der Waals surface area contributed by atoms with Crippen molar-refractivity contribution in [3.63, 3.8) is 0 Å². The summed E-state index contributed by atoms with van der Waals surface area (Å²) in [7, 11) is 0. The van der Waals surface area contributed by atoms with Crippen molar-refractivity contribution in [3.8, 4) is 0 Å². The Hall–Kier alpha value is -1.73. The SMILES string of the molecule is CC(F)(F)C(=O)NCc1nnc(N)o1. The summed E-state index contributed by atoms with van der Waals surface area (Å²) in [6.45, 7) is 0.219. The lowest BCUT2D eigenvalue weighted by Gasteiger charge is -2.08.